The van der Waals surface area contributed by atoms with Crippen LogP contribution < -0.4 is 9.96 Å². The van der Waals surface area contributed by atoms with Gasteiger partial charge in [-0.15, -0.1) is 0 Å². The monoisotopic (exact) mass is 354 g/mol. The maximum atomic E-state index is 6.09. The van der Waals surface area contributed by atoms with E-state index in [0.29, 0.717) is 0 Å². The van der Waals surface area contributed by atoms with Gasteiger partial charge in [-0.1, -0.05) is 62.6 Å². The van der Waals surface area contributed by atoms with Gasteiger partial charge in [0.05, 0.1) is 12.3 Å². The number of hydrogen-bond acceptors (Lipinski definition) is 3. The quantitative estimate of drug-likeness (QED) is 0.328. The Morgan fingerprint density at radius 1 is 0.692 bits per heavy atom. The van der Waals surface area contributed by atoms with Gasteiger partial charge in [-0.2, -0.15) is 0 Å². The summed E-state index contributed by atoms with van der Waals surface area (Å²) in [6, 6.07) is 21.0. The van der Waals surface area contributed by atoms with Gasteiger partial charge in [-0.3, -0.25) is 9.90 Å². The molecule has 26 heavy (non-hydrogen) atoms. The first kappa shape index (κ1) is 20.3. The summed E-state index contributed by atoms with van der Waals surface area (Å²) in [4.78, 5) is 8.40. The van der Waals surface area contributed by atoms with E-state index < -0.39 is 0 Å². The average molecular weight is 355 g/mol. The highest BCUT2D eigenvalue weighted by Gasteiger charge is 2.07. The van der Waals surface area contributed by atoms with Crippen LogP contribution in [0.1, 0.15) is 45.4 Å². The Morgan fingerprint density at radius 3 is 1.96 bits per heavy atom. The number of rotatable bonds is 13. The number of hydrogen-bond donors (Lipinski definition) is 0. The molecular formula is C23H34N2O. The molecule has 0 aliphatic heterocycles. The van der Waals surface area contributed by atoms with Gasteiger partial charge >= 0.3 is 0 Å². The molecule has 0 amide bonds. The highest BCUT2D eigenvalue weighted by Crippen LogP contribution is 2.16. The van der Waals surface area contributed by atoms with Crippen molar-refractivity contribution < 1.29 is 4.84 Å². The summed E-state index contributed by atoms with van der Waals surface area (Å²) in [7, 11) is 2.16. The fourth-order valence-corrected chi connectivity index (χ4v) is 2.98. The van der Waals surface area contributed by atoms with Crippen LogP contribution in [0.25, 0.3) is 0 Å². The molecule has 0 atom stereocenters. The Kier molecular flexibility index (Phi) is 9.66. The van der Waals surface area contributed by atoms with Gasteiger partial charge in [0, 0.05) is 25.8 Å². The molecule has 0 bridgehead atoms. The van der Waals surface area contributed by atoms with Crippen molar-refractivity contribution in [2.45, 2.75) is 45.4 Å². The molecule has 2 aromatic rings. The Labute approximate surface area is 159 Å². The van der Waals surface area contributed by atoms with Crippen molar-refractivity contribution in [3.63, 3.8) is 0 Å². The predicted molar refractivity (Wildman–Crippen MR) is 113 cm³/mol. The highest BCUT2D eigenvalue weighted by atomic mass is 16.7. The largest absolute Gasteiger partial charge is 0.375 e. The summed E-state index contributed by atoms with van der Waals surface area (Å²) in [5, 5.41) is 2.08. The van der Waals surface area contributed by atoms with E-state index in [4.69, 9.17) is 4.84 Å². The van der Waals surface area contributed by atoms with Gasteiger partial charge < -0.3 is 4.90 Å². The van der Waals surface area contributed by atoms with Crippen molar-refractivity contribution in [2.24, 2.45) is 0 Å². The first-order valence-corrected chi connectivity index (χ1v) is 10.0. The van der Waals surface area contributed by atoms with Gasteiger partial charge in [0.1, 0.15) is 0 Å². The normalized spacial score (nSPS) is 10.7. The number of benzene rings is 2. The zero-order valence-corrected chi connectivity index (χ0v) is 16.4. The molecule has 3 nitrogen and oxygen atoms in total. The number of unbranched alkanes of at least 4 members (excludes halogenated alkanes) is 4. The summed E-state index contributed by atoms with van der Waals surface area (Å²) >= 11 is 0. The van der Waals surface area contributed by atoms with E-state index in [1.54, 1.807) is 0 Å². The third-order valence-electron chi connectivity index (χ3n) is 4.59. The van der Waals surface area contributed by atoms with Crippen molar-refractivity contribution in [3.8, 4) is 0 Å². The molecule has 0 radical (unpaired) electrons. The second-order valence-electron chi connectivity index (χ2n) is 6.80. The number of para-hydroxylation sites is 2. The zero-order chi connectivity index (χ0) is 18.5. The number of hydroxylamine groups is 1. The SMILES string of the molecule is CCCCCCON(CCCCN(C)c1ccccc1)c1ccccc1. The molecule has 0 fully saturated rings. The summed E-state index contributed by atoms with van der Waals surface area (Å²) in [6.45, 7) is 5.03. The van der Waals surface area contributed by atoms with Crippen LogP contribution >= 0.6 is 0 Å². The maximum absolute atomic E-state index is 6.09. The third-order valence-corrected chi connectivity index (χ3v) is 4.59. The van der Waals surface area contributed by atoms with E-state index in [9.17, 15) is 0 Å². The summed E-state index contributed by atoms with van der Waals surface area (Å²) in [6.07, 6.45) is 7.20. The minimum Gasteiger partial charge on any atom is -0.375 e. The van der Waals surface area contributed by atoms with E-state index in [1.807, 2.05) is 0 Å². The molecule has 0 saturated carbocycles. The van der Waals surface area contributed by atoms with Gasteiger partial charge in [0.2, 0.25) is 0 Å². The van der Waals surface area contributed by atoms with Crippen LogP contribution in [-0.2, 0) is 4.84 Å². The lowest BCUT2D eigenvalue weighted by Crippen LogP contribution is -2.26. The molecule has 2 rings (SSSR count). The fraction of sp³-hybridized carbons (Fsp3) is 0.478. The fourth-order valence-electron chi connectivity index (χ4n) is 2.98. The van der Waals surface area contributed by atoms with Crippen LogP contribution in [0.2, 0.25) is 0 Å². The molecule has 142 valence electrons. The molecule has 0 aliphatic carbocycles. The first-order chi connectivity index (χ1) is 12.8. The number of anilines is 2. The third kappa shape index (κ3) is 7.49. The summed E-state index contributed by atoms with van der Waals surface area (Å²) < 4.78 is 0. The van der Waals surface area contributed by atoms with Crippen molar-refractivity contribution in [2.75, 3.05) is 36.7 Å². The van der Waals surface area contributed by atoms with Gasteiger partial charge in [0.15, 0.2) is 0 Å². The summed E-state index contributed by atoms with van der Waals surface area (Å²) in [5.74, 6) is 0. The lowest BCUT2D eigenvalue weighted by atomic mass is 10.2. The second-order valence-corrected chi connectivity index (χ2v) is 6.80. The van der Waals surface area contributed by atoms with Gasteiger partial charge in [-0.05, 0) is 43.5 Å². The molecule has 0 aliphatic rings. The Morgan fingerprint density at radius 2 is 1.31 bits per heavy atom. The van der Waals surface area contributed by atoms with Gasteiger partial charge in [0.25, 0.3) is 0 Å². The van der Waals surface area contributed by atoms with Crippen molar-refractivity contribution in [1.82, 2.24) is 0 Å². The second kappa shape index (κ2) is 12.4. The van der Waals surface area contributed by atoms with Crippen molar-refractivity contribution in [3.05, 3.63) is 60.7 Å². The Balaban J connectivity index is 1.75. The van der Waals surface area contributed by atoms with Crippen molar-refractivity contribution in [1.29, 1.82) is 0 Å². The standard InChI is InChI=1S/C23H34N2O/c1-3-4-5-14-21-26-25(23-17-10-7-11-18-23)20-13-12-19-24(2)22-15-8-6-9-16-22/h6-11,15-18H,3-5,12-14,19-21H2,1-2H3. The van der Waals surface area contributed by atoms with E-state index in [2.05, 4.69) is 84.6 Å². The minimum atomic E-state index is 0.804. The average Bonchev–Trinajstić information content (AvgIpc) is 2.70. The number of nitrogens with zero attached hydrogens (tertiary/aromatic N) is 2. The van der Waals surface area contributed by atoms with Crippen molar-refractivity contribution >= 4 is 11.4 Å². The molecule has 0 saturated heterocycles. The van der Waals surface area contributed by atoms with Gasteiger partial charge in [-0.25, -0.2) is 0 Å². The molecule has 0 spiro atoms. The molecule has 3 heteroatoms. The van der Waals surface area contributed by atoms with Crippen LogP contribution in [0.5, 0.6) is 0 Å². The lowest BCUT2D eigenvalue weighted by Gasteiger charge is -2.25. The molecular weight excluding hydrogens is 320 g/mol. The van der Waals surface area contributed by atoms with Crippen LogP contribution in [0, 0.1) is 0 Å². The van der Waals surface area contributed by atoms with Crippen LogP contribution in [0.15, 0.2) is 60.7 Å². The van der Waals surface area contributed by atoms with E-state index >= 15 is 0 Å². The topological polar surface area (TPSA) is 15.7 Å². The van der Waals surface area contributed by atoms with Crippen LogP contribution in [-0.4, -0.2) is 26.7 Å². The molecule has 0 unspecified atom stereocenters. The summed E-state index contributed by atoms with van der Waals surface area (Å²) in [5.41, 5.74) is 2.43. The molecule has 2 aromatic carbocycles. The predicted octanol–water partition coefficient (Wildman–Crippen LogP) is 5.92. The lowest BCUT2D eigenvalue weighted by molar-refractivity contribution is 0.103. The first-order valence-electron chi connectivity index (χ1n) is 10.0. The Hall–Kier alpha value is -2.00. The molecule has 0 N–H and O–H groups in total. The zero-order valence-electron chi connectivity index (χ0n) is 16.4. The Bertz CT molecular complexity index is 573. The van der Waals surface area contributed by atoms with E-state index in [1.165, 1.54) is 24.9 Å². The maximum Gasteiger partial charge on any atom is 0.0748 e. The van der Waals surface area contributed by atoms with Crippen LogP contribution in [0.3, 0.4) is 0 Å². The van der Waals surface area contributed by atoms with E-state index in [-0.39, 0.29) is 0 Å². The van der Waals surface area contributed by atoms with E-state index in [0.717, 1.165) is 44.6 Å². The smallest absolute Gasteiger partial charge is 0.0748 e. The molecule has 0 heterocycles. The minimum absolute atomic E-state index is 0.804. The van der Waals surface area contributed by atoms with Crippen LogP contribution in [0.4, 0.5) is 11.4 Å². The molecule has 0 aromatic heterocycles. The highest BCUT2D eigenvalue weighted by molar-refractivity contribution is 5.45.